The first-order valence-corrected chi connectivity index (χ1v) is 9.33. The topological polar surface area (TPSA) is 48.7 Å². The Bertz CT molecular complexity index is 713. The van der Waals surface area contributed by atoms with E-state index < -0.39 is 0 Å². The molecule has 2 heterocycles. The Kier molecular flexibility index (Phi) is 6.12. The van der Waals surface area contributed by atoms with Crippen LogP contribution in [-0.2, 0) is 11.3 Å². The zero-order chi connectivity index (χ0) is 18.5. The lowest BCUT2D eigenvalue weighted by Gasteiger charge is -2.32. The van der Waals surface area contributed by atoms with Crippen molar-refractivity contribution in [2.75, 3.05) is 33.7 Å². The summed E-state index contributed by atoms with van der Waals surface area (Å²) >= 11 is 0. The fourth-order valence-corrected chi connectivity index (χ4v) is 3.22. The monoisotopic (exact) mass is 355 g/mol. The van der Waals surface area contributed by atoms with Gasteiger partial charge < -0.3 is 14.6 Å². The average Bonchev–Trinajstić information content (AvgIpc) is 3.10. The fourth-order valence-electron chi connectivity index (χ4n) is 3.22. The fraction of sp³-hybridized carbons (Fsp3) is 0.476. The second-order valence-electron chi connectivity index (χ2n) is 7.35. The number of hydrogen-bond donors (Lipinski definition) is 1. The van der Waals surface area contributed by atoms with Crippen LogP contribution in [0.4, 0.5) is 0 Å². The van der Waals surface area contributed by atoms with Crippen molar-refractivity contribution in [1.29, 1.82) is 0 Å². The zero-order valence-electron chi connectivity index (χ0n) is 16.0. The van der Waals surface area contributed by atoms with E-state index in [1.54, 1.807) is 4.90 Å². The Balaban J connectivity index is 1.44. The van der Waals surface area contributed by atoms with Crippen LogP contribution in [-0.4, -0.2) is 55.5 Å². The van der Waals surface area contributed by atoms with Gasteiger partial charge in [0, 0.05) is 38.8 Å². The number of amides is 1. The first kappa shape index (κ1) is 18.7. The molecular weight excluding hydrogens is 326 g/mol. The average molecular weight is 355 g/mol. The van der Waals surface area contributed by atoms with E-state index in [9.17, 15) is 4.79 Å². The largest absolute Gasteiger partial charge is 0.460 e. The Hall–Kier alpha value is -2.11. The molecule has 26 heavy (non-hydrogen) atoms. The van der Waals surface area contributed by atoms with Crippen molar-refractivity contribution < 1.29 is 9.21 Å². The molecule has 1 amide bonds. The van der Waals surface area contributed by atoms with Crippen LogP contribution in [0.15, 0.2) is 40.8 Å². The van der Waals surface area contributed by atoms with E-state index in [-0.39, 0.29) is 5.91 Å². The highest BCUT2D eigenvalue weighted by molar-refractivity contribution is 5.77. The number of piperidine rings is 1. The predicted molar refractivity (Wildman–Crippen MR) is 104 cm³/mol. The highest BCUT2D eigenvalue weighted by atomic mass is 16.3. The summed E-state index contributed by atoms with van der Waals surface area (Å²) in [6.45, 7) is 5.28. The summed E-state index contributed by atoms with van der Waals surface area (Å²) in [6.07, 6.45) is 2.12. The third-order valence-electron chi connectivity index (χ3n) is 5.01. The molecule has 0 bridgehead atoms. The molecule has 1 saturated heterocycles. The molecule has 140 valence electrons. The van der Waals surface area contributed by atoms with Crippen LogP contribution < -0.4 is 5.32 Å². The van der Waals surface area contributed by atoms with Gasteiger partial charge in [-0.15, -0.1) is 0 Å². The molecule has 1 aliphatic rings. The molecule has 0 atom stereocenters. The number of likely N-dealkylation sites (tertiary alicyclic amines) is 1. The number of aryl methyl sites for hydroxylation is 1. The van der Waals surface area contributed by atoms with Crippen molar-refractivity contribution in [1.82, 2.24) is 15.1 Å². The molecular formula is C21H29N3O2. The second kappa shape index (κ2) is 8.52. The molecule has 2 aromatic rings. The number of furan rings is 1. The van der Waals surface area contributed by atoms with E-state index in [2.05, 4.69) is 41.4 Å². The van der Waals surface area contributed by atoms with E-state index in [0.29, 0.717) is 12.6 Å². The number of carbonyl (C=O) groups excluding carboxylic acids is 1. The lowest BCUT2D eigenvalue weighted by Crippen LogP contribution is -2.45. The summed E-state index contributed by atoms with van der Waals surface area (Å²) in [5, 5.41) is 3.59. The molecule has 1 fully saturated rings. The molecule has 1 aromatic heterocycles. The molecule has 1 N–H and O–H groups in total. The highest BCUT2D eigenvalue weighted by Crippen LogP contribution is 2.22. The Morgan fingerprint density at radius 3 is 2.50 bits per heavy atom. The van der Waals surface area contributed by atoms with Gasteiger partial charge in [-0.05, 0) is 31.9 Å². The Morgan fingerprint density at radius 2 is 1.85 bits per heavy atom. The number of rotatable bonds is 6. The van der Waals surface area contributed by atoms with Crippen molar-refractivity contribution in [2.45, 2.75) is 32.4 Å². The van der Waals surface area contributed by atoms with Crippen LogP contribution in [0.2, 0.25) is 0 Å². The molecule has 0 spiro atoms. The number of nitrogens with one attached hydrogen (secondary N) is 1. The molecule has 5 heteroatoms. The standard InChI is InChI=1S/C21H29N3O2/c1-16-4-6-17(7-5-16)20-9-8-19(26-20)14-22-18-10-12-24(13-11-18)15-21(25)23(2)3/h4-9,18,22H,10-15H2,1-3H3. The minimum absolute atomic E-state index is 0.177. The molecule has 0 radical (unpaired) electrons. The number of carbonyl (C=O) groups is 1. The summed E-state index contributed by atoms with van der Waals surface area (Å²) in [5.41, 5.74) is 2.36. The maximum atomic E-state index is 11.8. The molecule has 0 aliphatic carbocycles. The lowest BCUT2D eigenvalue weighted by atomic mass is 10.0. The zero-order valence-corrected chi connectivity index (χ0v) is 16.0. The predicted octanol–water partition coefficient (Wildman–Crippen LogP) is 2.90. The van der Waals surface area contributed by atoms with E-state index in [1.807, 2.05) is 26.2 Å². The third-order valence-corrected chi connectivity index (χ3v) is 5.01. The summed E-state index contributed by atoms with van der Waals surface area (Å²) < 4.78 is 5.98. The van der Waals surface area contributed by atoms with Gasteiger partial charge in [0.15, 0.2) is 0 Å². The van der Waals surface area contributed by atoms with Gasteiger partial charge in [-0.2, -0.15) is 0 Å². The lowest BCUT2D eigenvalue weighted by molar-refractivity contribution is -0.130. The van der Waals surface area contributed by atoms with Crippen molar-refractivity contribution in [2.24, 2.45) is 0 Å². The van der Waals surface area contributed by atoms with Gasteiger partial charge in [0.25, 0.3) is 0 Å². The number of hydrogen-bond acceptors (Lipinski definition) is 4. The van der Waals surface area contributed by atoms with Crippen molar-refractivity contribution in [3.05, 3.63) is 47.7 Å². The first-order valence-electron chi connectivity index (χ1n) is 9.33. The SMILES string of the molecule is Cc1ccc(-c2ccc(CNC3CCN(CC(=O)N(C)C)CC3)o2)cc1. The van der Waals surface area contributed by atoms with Crippen molar-refractivity contribution >= 4 is 5.91 Å². The minimum Gasteiger partial charge on any atom is -0.460 e. The molecule has 0 unspecified atom stereocenters. The normalized spacial score (nSPS) is 16.0. The maximum Gasteiger partial charge on any atom is 0.236 e. The molecule has 0 saturated carbocycles. The van der Waals surface area contributed by atoms with Gasteiger partial charge in [-0.3, -0.25) is 9.69 Å². The van der Waals surface area contributed by atoms with Crippen LogP contribution >= 0.6 is 0 Å². The van der Waals surface area contributed by atoms with E-state index in [4.69, 9.17) is 4.42 Å². The van der Waals surface area contributed by atoms with Gasteiger partial charge in [-0.1, -0.05) is 29.8 Å². The maximum absolute atomic E-state index is 11.8. The van der Waals surface area contributed by atoms with Gasteiger partial charge in [-0.25, -0.2) is 0 Å². The smallest absolute Gasteiger partial charge is 0.236 e. The van der Waals surface area contributed by atoms with Crippen LogP contribution in [0, 0.1) is 6.92 Å². The van der Waals surface area contributed by atoms with Crippen molar-refractivity contribution in [3.63, 3.8) is 0 Å². The molecule has 3 rings (SSSR count). The van der Waals surface area contributed by atoms with Gasteiger partial charge in [0.2, 0.25) is 5.91 Å². The summed E-state index contributed by atoms with van der Waals surface area (Å²) in [5.74, 6) is 2.06. The second-order valence-corrected chi connectivity index (χ2v) is 7.35. The van der Waals surface area contributed by atoms with Crippen LogP contribution in [0.5, 0.6) is 0 Å². The summed E-state index contributed by atoms with van der Waals surface area (Å²) in [7, 11) is 3.62. The van der Waals surface area contributed by atoms with E-state index in [1.165, 1.54) is 5.56 Å². The summed E-state index contributed by atoms with van der Waals surface area (Å²) in [6, 6.07) is 13.0. The first-order chi connectivity index (χ1) is 12.5. The van der Waals surface area contributed by atoms with Crippen LogP contribution in [0.25, 0.3) is 11.3 Å². The Labute approximate surface area is 156 Å². The van der Waals surface area contributed by atoms with Gasteiger partial charge in [0.05, 0.1) is 13.1 Å². The van der Waals surface area contributed by atoms with Crippen molar-refractivity contribution in [3.8, 4) is 11.3 Å². The molecule has 5 nitrogen and oxygen atoms in total. The van der Waals surface area contributed by atoms with E-state index in [0.717, 1.165) is 49.6 Å². The number of benzene rings is 1. The molecule has 1 aliphatic heterocycles. The summed E-state index contributed by atoms with van der Waals surface area (Å²) in [4.78, 5) is 15.7. The highest BCUT2D eigenvalue weighted by Gasteiger charge is 2.21. The van der Waals surface area contributed by atoms with Gasteiger partial charge >= 0.3 is 0 Å². The van der Waals surface area contributed by atoms with E-state index >= 15 is 0 Å². The van der Waals surface area contributed by atoms with Crippen LogP contribution in [0.3, 0.4) is 0 Å². The third kappa shape index (κ3) is 4.96. The quantitative estimate of drug-likeness (QED) is 0.866. The molecule has 1 aromatic carbocycles. The Morgan fingerprint density at radius 1 is 1.15 bits per heavy atom. The number of likely N-dealkylation sites (N-methyl/N-ethyl adjacent to an activating group) is 1. The number of nitrogens with zero attached hydrogens (tertiary/aromatic N) is 2. The van der Waals surface area contributed by atoms with Gasteiger partial charge in [0.1, 0.15) is 11.5 Å². The van der Waals surface area contributed by atoms with Crippen LogP contribution in [0.1, 0.15) is 24.2 Å². The minimum atomic E-state index is 0.177.